The summed E-state index contributed by atoms with van der Waals surface area (Å²) in [5, 5.41) is 3.66. The quantitative estimate of drug-likeness (QED) is 0.748. The molecule has 0 aromatic heterocycles. The summed E-state index contributed by atoms with van der Waals surface area (Å²) in [6, 6.07) is 5.33. The van der Waals surface area contributed by atoms with Crippen molar-refractivity contribution >= 4 is 17.3 Å². The van der Waals surface area contributed by atoms with Gasteiger partial charge < -0.3 is 10.1 Å². The van der Waals surface area contributed by atoms with Crippen molar-refractivity contribution in [1.29, 1.82) is 0 Å². The first-order chi connectivity index (χ1) is 6.27. The number of benzene rings is 1. The molecule has 0 radical (unpaired) electrons. The van der Waals surface area contributed by atoms with E-state index in [2.05, 4.69) is 11.2 Å². The molecule has 1 aromatic rings. The Morgan fingerprint density at radius 1 is 1.62 bits per heavy atom. The van der Waals surface area contributed by atoms with E-state index >= 15 is 0 Å². The summed E-state index contributed by atoms with van der Waals surface area (Å²) >= 11 is 5.81. The van der Waals surface area contributed by atoms with E-state index in [1.165, 1.54) is 0 Å². The maximum Gasteiger partial charge on any atom is 0.142 e. The van der Waals surface area contributed by atoms with Crippen LogP contribution in [0.2, 0.25) is 5.02 Å². The Morgan fingerprint density at radius 2 is 2.38 bits per heavy atom. The molecule has 0 aliphatic carbocycles. The van der Waals surface area contributed by atoms with Gasteiger partial charge in [-0.25, -0.2) is 0 Å². The molecule has 0 saturated carbocycles. The van der Waals surface area contributed by atoms with Crippen LogP contribution in [0.1, 0.15) is 0 Å². The summed E-state index contributed by atoms with van der Waals surface area (Å²) < 4.78 is 5.11. The van der Waals surface area contributed by atoms with E-state index in [0.29, 0.717) is 11.6 Å². The van der Waals surface area contributed by atoms with Crippen LogP contribution in [0.4, 0.5) is 5.69 Å². The van der Waals surface area contributed by atoms with Gasteiger partial charge in [0.2, 0.25) is 0 Å². The van der Waals surface area contributed by atoms with Crippen molar-refractivity contribution in [3.05, 3.63) is 23.2 Å². The molecule has 0 atom stereocenters. The highest BCUT2D eigenvalue weighted by Gasteiger charge is 2.01. The monoisotopic (exact) mass is 195 g/mol. The van der Waals surface area contributed by atoms with Crippen LogP contribution < -0.4 is 10.1 Å². The Labute approximate surface area is 82.9 Å². The van der Waals surface area contributed by atoms with Crippen molar-refractivity contribution in [2.24, 2.45) is 0 Å². The second-order valence-electron chi connectivity index (χ2n) is 2.40. The van der Waals surface area contributed by atoms with Gasteiger partial charge in [0, 0.05) is 5.02 Å². The molecule has 0 aliphatic rings. The molecule has 2 nitrogen and oxygen atoms in total. The number of hydrogen-bond donors (Lipinski definition) is 1. The van der Waals surface area contributed by atoms with E-state index in [1.54, 1.807) is 25.3 Å². The predicted molar refractivity (Wildman–Crippen MR) is 55.3 cm³/mol. The molecule has 0 heterocycles. The molecule has 0 aliphatic heterocycles. The fraction of sp³-hybridized carbons (Fsp3) is 0.200. The zero-order valence-corrected chi connectivity index (χ0v) is 8.06. The average molecular weight is 196 g/mol. The second kappa shape index (κ2) is 4.64. The minimum Gasteiger partial charge on any atom is -0.495 e. The lowest BCUT2D eigenvalue weighted by Crippen LogP contribution is -2.00. The van der Waals surface area contributed by atoms with Crippen molar-refractivity contribution in [3.63, 3.8) is 0 Å². The first kappa shape index (κ1) is 9.76. The predicted octanol–water partition coefficient (Wildman–Crippen LogP) is 2.39. The molecule has 0 amide bonds. The van der Waals surface area contributed by atoms with E-state index in [-0.39, 0.29) is 0 Å². The SMILES string of the molecule is C#CCNc1cc(Cl)ccc1OC. The third kappa shape index (κ3) is 2.57. The average Bonchev–Trinajstić information content (AvgIpc) is 2.15. The van der Waals surface area contributed by atoms with E-state index in [9.17, 15) is 0 Å². The van der Waals surface area contributed by atoms with Gasteiger partial charge in [0.05, 0.1) is 19.3 Å². The molecular weight excluding hydrogens is 186 g/mol. The molecule has 68 valence electrons. The zero-order valence-electron chi connectivity index (χ0n) is 7.30. The molecule has 1 rings (SSSR count). The van der Waals surface area contributed by atoms with Crippen molar-refractivity contribution in [2.75, 3.05) is 19.0 Å². The Morgan fingerprint density at radius 3 is 3.00 bits per heavy atom. The Bertz CT molecular complexity index is 330. The van der Waals surface area contributed by atoms with E-state index in [1.807, 2.05) is 0 Å². The van der Waals surface area contributed by atoms with Crippen LogP contribution in [0.15, 0.2) is 18.2 Å². The zero-order chi connectivity index (χ0) is 9.68. The molecule has 1 N–H and O–H groups in total. The minimum absolute atomic E-state index is 0.455. The molecule has 13 heavy (non-hydrogen) atoms. The topological polar surface area (TPSA) is 21.3 Å². The molecule has 1 aromatic carbocycles. The van der Waals surface area contributed by atoms with Crippen LogP contribution in [0, 0.1) is 12.3 Å². The third-order valence-corrected chi connectivity index (χ3v) is 1.78. The van der Waals surface area contributed by atoms with Crippen molar-refractivity contribution in [2.45, 2.75) is 0 Å². The maximum atomic E-state index is 5.81. The number of halogens is 1. The summed E-state index contributed by atoms with van der Waals surface area (Å²) in [5.41, 5.74) is 0.813. The van der Waals surface area contributed by atoms with Crippen LogP contribution in [-0.4, -0.2) is 13.7 Å². The standard InChI is InChI=1S/C10H10ClNO/c1-3-6-12-9-7-8(11)4-5-10(9)13-2/h1,4-5,7,12H,6H2,2H3. The molecular formula is C10H10ClNO. The molecule has 0 spiro atoms. The highest BCUT2D eigenvalue weighted by atomic mass is 35.5. The number of rotatable bonds is 3. The summed E-state index contributed by atoms with van der Waals surface area (Å²) in [6.45, 7) is 0.455. The minimum atomic E-state index is 0.455. The van der Waals surface area contributed by atoms with Gasteiger partial charge >= 0.3 is 0 Å². The lowest BCUT2D eigenvalue weighted by Gasteiger charge is -2.08. The van der Waals surface area contributed by atoms with Gasteiger partial charge in [-0.15, -0.1) is 6.42 Å². The summed E-state index contributed by atoms with van der Waals surface area (Å²) in [4.78, 5) is 0. The first-order valence-electron chi connectivity index (χ1n) is 3.79. The van der Waals surface area contributed by atoms with Crippen LogP contribution in [0.25, 0.3) is 0 Å². The third-order valence-electron chi connectivity index (χ3n) is 1.54. The van der Waals surface area contributed by atoms with Gasteiger partial charge in [-0.2, -0.15) is 0 Å². The fourth-order valence-electron chi connectivity index (χ4n) is 0.965. The number of nitrogens with one attached hydrogen (secondary N) is 1. The van der Waals surface area contributed by atoms with Crippen LogP contribution in [0.5, 0.6) is 5.75 Å². The lowest BCUT2D eigenvalue weighted by atomic mass is 10.3. The number of terminal acetylenes is 1. The molecule has 0 bridgehead atoms. The molecule has 0 saturated heterocycles. The normalized spacial score (nSPS) is 9.00. The number of methoxy groups -OCH3 is 1. The van der Waals surface area contributed by atoms with Crippen LogP contribution in [-0.2, 0) is 0 Å². The van der Waals surface area contributed by atoms with Crippen molar-refractivity contribution in [1.82, 2.24) is 0 Å². The van der Waals surface area contributed by atoms with Gasteiger partial charge in [0.15, 0.2) is 0 Å². The molecule has 3 heteroatoms. The Kier molecular flexibility index (Phi) is 3.48. The van der Waals surface area contributed by atoms with Crippen molar-refractivity contribution < 1.29 is 4.74 Å². The van der Waals surface area contributed by atoms with Gasteiger partial charge in [-0.05, 0) is 18.2 Å². The van der Waals surface area contributed by atoms with Crippen molar-refractivity contribution in [3.8, 4) is 18.1 Å². The second-order valence-corrected chi connectivity index (χ2v) is 2.84. The first-order valence-corrected chi connectivity index (χ1v) is 4.16. The number of hydrogen-bond acceptors (Lipinski definition) is 2. The summed E-state index contributed by atoms with van der Waals surface area (Å²) in [6.07, 6.45) is 5.12. The van der Waals surface area contributed by atoms with Gasteiger partial charge in [-0.3, -0.25) is 0 Å². The highest BCUT2D eigenvalue weighted by molar-refractivity contribution is 6.30. The molecule has 0 fully saturated rings. The van der Waals surface area contributed by atoms with Gasteiger partial charge in [0.1, 0.15) is 5.75 Å². The van der Waals surface area contributed by atoms with Crippen LogP contribution >= 0.6 is 11.6 Å². The smallest absolute Gasteiger partial charge is 0.142 e. The van der Waals surface area contributed by atoms with E-state index in [0.717, 1.165) is 11.4 Å². The van der Waals surface area contributed by atoms with Gasteiger partial charge in [0.25, 0.3) is 0 Å². The molecule has 0 unspecified atom stereocenters. The summed E-state index contributed by atoms with van der Waals surface area (Å²) in [5.74, 6) is 3.21. The number of ether oxygens (including phenoxy) is 1. The Hall–Kier alpha value is -1.33. The Balaban J connectivity index is 2.89. The highest BCUT2D eigenvalue weighted by Crippen LogP contribution is 2.27. The lowest BCUT2D eigenvalue weighted by molar-refractivity contribution is 0.416. The maximum absolute atomic E-state index is 5.81. The summed E-state index contributed by atoms with van der Waals surface area (Å²) in [7, 11) is 1.60. The number of anilines is 1. The van der Waals surface area contributed by atoms with E-state index in [4.69, 9.17) is 22.8 Å². The van der Waals surface area contributed by atoms with Gasteiger partial charge in [-0.1, -0.05) is 17.5 Å². The van der Waals surface area contributed by atoms with Crippen LogP contribution in [0.3, 0.4) is 0 Å². The largest absolute Gasteiger partial charge is 0.495 e. The fourth-order valence-corrected chi connectivity index (χ4v) is 1.14. The van der Waals surface area contributed by atoms with E-state index < -0.39 is 0 Å².